The quantitative estimate of drug-likeness (QED) is 0.898. The Hall–Kier alpha value is -2.22. The summed E-state index contributed by atoms with van der Waals surface area (Å²) in [5.74, 6) is -0.419. The molecule has 22 heavy (non-hydrogen) atoms. The third kappa shape index (κ3) is 4.96. The van der Waals surface area contributed by atoms with Crippen LogP contribution in [0.3, 0.4) is 0 Å². The number of aromatic nitrogens is 2. The topological polar surface area (TPSA) is 76.1 Å². The van der Waals surface area contributed by atoms with Crippen LogP contribution in [0.4, 0.5) is 20.6 Å². The van der Waals surface area contributed by atoms with Gasteiger partial charge >= 0.3 is 6.09 Å². The average Bonchev–Trinajstić information content (AvgIpc) is 2.90. The summed E-state index contributed by atoms with van der Waals surface area (Å²) in [7, 11) is 0. The van der Waals surface area contributed by atoms with E-state index in [-0.39, 0.29) is 5.69 Å². The molecule has 0 unspecified atom stereocenters. The van der Waals surface area contributed by atoms with E-state index in [0.717, 1.165) is 5.69 Å². The van der Waals surface area contributed by atoms with Gasteiger partial charge < -0.3 is 10.1 Å². The number of ether oxygens (including phenoxy) is 1. The zero-order valence-electron chi connectivity index (χ0n) is 12.5. The Balaban J connectivity index is 2.01. The summed E-state index contributed by atoms with van der Waals surface area (Å²) in [5, 5.41) is 11.1. The van der Waals surface area contributed by atoms with Gasteiger partial charge in [0.2, 0.25) is 0 Å². The summed E-state index contributed by atoms with van der Waals surface area (Å²) in [5.41, 5.74) is 0.828. The molecule has 8 heteroatoms. The molecule has 0 saturated carbocycles. The van der Waals surface area contributed by atoms with Crippen LogP contribution in [-0.4, -0.2) is 21.3 Å². The number of carbonyl (C=O) groups is 1. The highest BCUT2D eigenvalue weighted by molar-refractivity contribution is 7.03. The number of nitrogens with one attached hydrogen (secondary N) is 2. The molecule has 1 amide bonds. The summed E-state index contributed by atoms with van der Waals surface area (Å²) in [6, 6.07) is 4.24. The molecule has 1 aromatic carbocycles. The maximum atomic E-state index is 13.8. The van der Waals surface area contributed by atoms with Gasteiger partial charge in [0.15, 0.2) is 0 Å². The monoisotopic (exact) mass is 324 g/mol. The van der Waals surface area contributed by atoms with Gasteiger partial charge in [0.05, 0.1) is 17.9 Å². The molecule has 0 aliphatic heterocycles. The van der Waals surface area contributed by atoms with E-state index >= 15 is 0 Å². The third-order valence-electron chi connectivity index (χ3n) is 2.48. The van der Waals surface area contributed by atoms with Crippen molar-refractivity contribution in [3.63, 3.8) is 0 Å². The minimum absolute atomic E-state index is 0.265. The van der Waals surface area contributed by atoms with Crippen molar-refractivity contribution in [2.45, 2.75) is 32.9 Å². The largest absolute Gasteiger partial charge is 0.444 e. The van der Waals surface area contributed by atoms with Crippen LogP contribution in [0.1, 0.15) is 26.5 Å². The van der Waals surface area contributed by atoms with E-state index in [9.17, 15) is 9.18 Å². The number of rotatable bonds is 4. The molecule has 1 aromatic heterocycles. The van der Waals surface area contributed by atoms with Gasteiger partial charge in [-0.25, -0.2) is 9.18 Å². The Morgan fingerprint density at radius 3 is 2.82 bits per heavy atom. The van der Waals surface area contributed by atoms with Crippen molar-refractivity contribution in [2.75, 3.05) is 10.6 Å². The maximum absolute atomic E-state index is 13.8. The number of carbonyl (C=O) groups excluding carboxylic acids is 1. The second-order valence-electron chi connectivity index (χ2n) is 5.57. The van der Waals surface area contributed by atoms with E-state index in [1.54, 1.807) is 26.2 Å². The molecule has 0 saturated heterocycles. The van der Waals surface area contributed by atoms with Gasteiger partial charge in [-0.3, -0.25) is 5.32 Å². The first-order chi connectivity index (χ1) is 10.3. The van der Waals surface area contributed by atoms with Crippen LogP contribution in [0.15, 0.2) is 23.6 Å². The lowest BCUT2D eigenvalue weighted by Gasteiger charge is -2.20. The molecule has 0 spiro atoms. The number of amides is 1. The number of hydrogen-bond donors (Lipinski definition) is 2. The zero-order valence-corrected chi connectivity index (χ0v) is 13.3. The fourth-order valence-electron chi connectivity index (χ4n) is 1.61. The molecule has 0 aliphatic carbocycles. The second-order valence-corrected chi connectivity index (χ2v) is 6.18. The van der Waals surface area contributed by atoms with Crippen molar-refractivity contribution in [1.82, 2.24) is 9.59 Å². The Labute approximate surface area is 131 Å². The SMILES string of the molecule is CC(C)(C)OC(=O)Nc1ccc(F)c(NCc2csnn2)c1. The lowest BCUT2D eigenvalue weighted by molar-refractivity contribution is 0.0636. The van der Waals surface area contributed by atoms with E-state index in [2.05, 4.69) is 20.2 Å². The van der Waals surface area contributed by atoms with E-state index in [1.807, 2.05) is 0 Å². The minimum atomic E-state index is -0.594. The predicted molar refractivity (Wildman–Crippen MR) is 83.5 cm³/mol. The first-order valence-electron chi connectivity index (χ1n) is 6.63. The Kier molecular flexibility index (Phi) is 4.92. The van der Waals surface area contributed by atoms with Crippen LogP contribution >= 0.6 is 11.5 Å². The summed E-state index contributed by atoms with van der Waals surface area (Å²) in [6.07, 6.45) is -0.589. The first-order valence-corrected chi connectivity index (χ1v) is 7.46. The van der Waals surface area contributed by atoms with E-state index in [0.29, 0.717) is 12.2 Å². The summed E-state index contributed by atoms with van der Waals surface area (Å²) >= 11 is 1.23. The van der Waals surface area contributed by atoms with Gasteiger partial charge in [-0.15, -0.1) is 5.10 Å². The summed E-state index contributed by atoms with van der Waals surface area (Å²) < 4.78 is 22.6. The molecule has 1 heterocycles. The molecule has 2 rings (SSSR count). The Bertz CT molecular complexity index is 641. The summed E-state index contributed by atoms with van der Waals surface area (Å²) in [6.45, 7) is 5.66. The fourth-order valence-corrected chi connectivity index (χ4v) is 2.06. The lowest BCUT2D eigenvalue weighted by atomic mass is 10.2. The third-order valence-corrected chi connectivity index (χ3v) is 3.03. The number of hydrogen-bond acceptors (Lipinski definition) is 6. The number of nitrogens with zero attached hydrogens (tertiary/aromatic N) is 2. The van der Waals surface area contributed by atoms with Gasteiger partial charge in [0, 0.05) is 11.1 Å². The van der Waals surface area contributed by atoms with Crippen molar-refractivity contribution >= 4 is 29.0 Å². The van der Waals surface area contributed by atoms with Crippen molar-refractivity contribution in [1.29, 1.82) is 0 Å². The highest BCUT2D eigenvalue weighted by Crippen LogP contribution is 2.21. The van der Waals surface area contributed by atoms with E-state index in [1.165, 1.54) is 29.7 Å². The molecule has 118 valence electrons. The molecular formula is C14H17FN4O2S. The highest BCUT2D eigenvalue weighted by Gasteiger charge is 2.16. The normalized spacial score (nSPS) is 11.1. The smallest absolute Gasteiger partial charge is 0.412 e. The molecule has 0 radical (unpaired) electrons. The highest BCUT2D eigenvalue weighted by atomic mass is 32.1. The molecule has 2 N–H and O–H groups in total. The van der Waals surface area contributed by atoms with Gasteiger partial charge in [-0.05, 0) is 50.5 Å². The van der Waals surface area contributed by atoms with Gasteiger partial charge in [-0.2, -0.15) is 0 Å². The van der Waals surface area contributed by atoms with Crippen LogP contribution in [0, 0.1) is 5.82 Å². The molecule has 0 atom stereocenters. The molecule has 6 nitrogen and oxygen atoms in total. The van der Waals surface area contributed by atoms with Crippen LogP contribution < -0.4 is 10.6 Å². The summed E-state index contributed by atoms with van der Waals surface area (Å²) in [4.78, 5) is 11.7. The van der Waals surface area contributed by atoms with Crippen molar-refractivity contribution in [3.8, 4) is 0 Å². The standard InChI is InChI=1S/C14H17FN4O2S/c1-14(2,3)21-13(20)17-9-4-5-11(15)12(6-9)16-7-10-8-22-19-18-10/h4-6,8,16H,7H2,1-3H3,(H,17,20). The van der Waals surface area contributed by atoms with Gasteiger partial charge in [0.25, 0.3) is 0 Å². The molecule has 0 fully saturated rings. The van der Waals surface area contributed by atoms with E-state index in [4.69, 9.17) is 4.74 Å². The fraction of sp³-hybridized carbons (Fsp3) is 0.357. The van der Waals surface area contributed by atoms with Crippen LogP contribution in [0.25, 0.3) is 0 Å². The zero-order chi connectivity index (χ0) is 16.2. The van der Waals surface area contributed by atoms with Crippen molar-refractivity contribution in [3.05, 3.63) is 35.1 Å². The van der Waals surface area contributed by atoms with Crippen molar-refractivity contribution in [2.24, 2.45) is 0 Å². The Morgan fingerprint density at radius 2 is 2.18 bits per heavy atom. The molecular weight excluding hydrogens is 307 g/mol. The average molecular weight is 324 g/mol. The van der Waals surface area contributed by atoms with Gasteiger partial charge in [0.1, 0.15) is 11.4 Å². The van der Waals surface area contributed by atoms with Crippen LogP contribution in [-0.2, 0) is 11.3 Å². The van der Waals surface area contributed by atoms with Gasteiger partial charge in [-0.1, -0.05) is 4.49 Å². The Morgan fingerprint density at radius 1 is 1.41 bits per heavy atom. The maximum Gasteiger partial charge on any atom is 0.412 e. The van der Waals surface area contributed by atoms with E-state index < -0.39 is 17.5 Å². The first kappa shape index (κ1) is 16.2. The van der Waals surface area contributed by atoms with Crippen LogP contribution in [0.5, 0.6) is 0 Å². The van der Waals surface area contributed by atoms with Crippen LogP contribution in [0.2, 0.25) is 0 Å². The molecule has 0 aliphatic rings. The van der Waals surface area contributed by atoms with Crippen molar-refractivity contribution < 1.29 is 13.9 Å². The lowest BCUT2D eigenvalue weighted by Crippen LogP contribution is -2.27. The molecule has 0 bridgehead atoms. The number of anilines is 2. The predicted octanol–water partition coefficient (Wildman–Crippen LogP) is 3.64. The number of benzene rings is 1. The number of halogens is 1. The second kappa shape index (κ2) is 6.69. The molecule has 2 aromatic rings. The minimum Gasteiger partial charge on any atom is -0.444 e.